The maximum absolute atomic E-state index is 5.57. The monoisotopic (exact) mass is 191 g/mol. The number of anilines is 1. The van der Waals surface area contributed by atoms with E-state index < -0.39 is 0 Å². The summed E-state index contributed by atoms with van der Waals surface area (Å²) in [6, 6.07) is 3.69. The number of nitrogens with two attached hydrogens (primary N) is 1. The first kappa shape index (κ1) is 8.19. The molecular formula is C9H9N3S. The molecule has 66 valence electrons. The van der Waals surface area contributed by atoms with Crippen LogP contribution in [0.5, 0.6) is 0 Å². The van der Waals surface area contributed by atoms with Crippen molar-refractivity contribution in [3.8, 4) is 11.4 Å². The van der Waals surface area contributed by atoms with Gasteiger partial charge in [0.15, 0.2) is 5.82 Å². The van der Waals surface area contributed by atoms with Gasteiger partial charge in [0.05, 0.1) is 0 Å². The smallest absolute Gasteiger partial charge is 0.162 e. The van der Waals surface area contributed by atoms with Gasteiger partial charge in [0.25, 0.3) is 0 Å². The average Bonchev–Trinajstić information content (AvgIpc) is 2.51. The van der Waals surface area contributed by atoms with Crippen molar-refractivity contribution < 1.29 is 0 Å². The number of aromatic nitrogens is 2. The van der Waals surface area contributed by atoms with Crippen LogP contribution in [0.2, 0.25) is 0 Å². The summed E-state index contributed by atoms with van der Waals surface area (Å²) in [5.74, 6) is 1.22. The van der Waals surface area contributed by atoms with Gasteiger partial charge in [0.1, 0.15) is 5.82 Å². The van der Waals surface area contributed by atoms with E-state index in [0.29, 0.717) is 11.6 Å². The fourth-order valence-electron chi connectivity index (χ4n) is 1.12. The first-order valence-electron chi connectivity index (χ1n) is 3.90. The molecule has 3 nitrogen and oxygen atoms in total. The molecule has 2 aromatic rings. The van der Waals surface area contributed by atoms with E-state index in [0.717, 1.165) is 5.56 Å². The molecule has 0 spiro atoms. The Morgan fingerprint density at radius 1 is 1.38 bits per heavy atom. The van der Waals surface area contributed by atoms with Crippen molar-refractivity contribution in [3.05, 3.63) is 28.6 Å². The van der Waals surface area contributed by atoms with Crippen LogP contribution in [0.25, 0.3) is 11.4 Å². The summed E-state index contributed by atoms with van der Waals surface area (Å²) in [6.07, 6.45) is 1.68. The maximum Gasteiger partial charge on any atom is 0.162 e. The number of hydrogen-bond donors (Lipinski definition) is 1. The van der Waals surface area contributed by atoms with Crippen LogP contribution in [-0.2, 0) is 0 Å². The summed E-state index contributed by atoms with van der Waals surface area (Å²) in [4.78, 5) is 9.52. The third-order valence-corrected chi connectivity index (χ3v) is 2.62. The van der Waals surface area contributed by atoms with Gasteiger partial charge in [0, 0.05) is 16.6 Å². The number of thiophene rings is 1. The van der Waals surface area contributed by atoms with Crippen molar-refractivity contribution in [3.63, 3.8) is 0 Å². The number of aryl methyl sites for hydroxylation is 1. The number of nitrogen functional groups attached to an aromatic ring is 1. The van der Waals surface area contributed by atoms with Crippen molar-refractivity contribution in [2.75, 3.05) is 5.73 Å². The summed E-state index contributed by atoms with van der Waals surface area (Å²) < 4.78 is 0. The predicted molar refractivity (Wildman–Crippen MR) is 54.5 cm³/mol. The Labute approximate surface area is 80.3 Å². The highest BCUT2D eigenvalue weighted by Crippen LogP contribution is 2.24. The largest absolute Gasteiger partial charge is 0.384 e. The molecule has 0 saturated carbocycles. The van der Waals surface area contributed by atoms with Crippen LogP contribution in [0.4, 0.5) is 5.82 Å². The second-order valence-corrected chi connectivity index (χ2v) is 3.82. The number of hydrogen-bond acceptors (Lipinski definition) is 4. The fourth-order valence-corrected chi connectivity index (χ4v) is 1.81. The minimum absolute atomic E-state index is 0.510. The van der Waals surface area contributed by atoms with Crippen molar-refractivity contribution in [1.29, 1.82) is 0 Å². The van der Waals surface area contributed by atoms with Crippen LogP contribution in [-0.4, -0.2) is 9.97 Å². The highest BCUT2D eigenvalue weighted by Gasteiger charge is 2.05. The van der Waals surface area contributed by atoms with Crippen LogP contribution in [0.3, 0.4) is 0 Å². The third kappa shape index (κ3) is 1.53. The summed E-state index contributed by atoms with van der Waals surface area (Å²) in [6.45, 7) is 2.05. The maximum atomic E-state index is 5.57. The van der Waals surface area contributed by atoms with E-state index in [-0.39, 0.29) is 0 Å². The molecular weight excluding hydrogens is 182 g/mol. The van der Waals surface area contributed by atoms with Crippen LogP contribution in [0.15, 0.2) is 23.7 Å². The minimum Gasteiger partial charge on any atom is -0.384 e. The highest BCUT2D eigenvalue weighted by molar-refractivity contribution is 7.10. The van der Waals surface area contributed by atoms with Crippen LogP contribution < -0.4 is 5.73 Å². The standard InChI is InChI=1S/C9H9N3S/c1-6-7(3-5-13-6)9-11-4-2-8(10)12-9/h2-5H,1H3,(H2,10,11,12). The van der Waals surface area contributed by atoms with Crippen molar-refractivity contribution >= 4 is 17.2 Å². The number of nitrogens with zero attached hydrogens (tertiary/aromatic N) is 2. The molecule has 2 aromatic heterocycles. The summed E-state index contributed by atoms with van der Waals surface area (Å²) in [5.41, 5.74) is 6.63. The molecule has 0 radical (unpaired) electrons. The molecule has 13 heavy (non-hydrogen) atoms. The lowest BCUT2D eigenvalue weighted by Gasteiger charge is -1.98. The lowest BCUT2D eigenvalue weighted by atomic mass is 10.2. The van der Waals surface area contributed by atoms with Gasteiger partial charge in [-0.25, -0.2) is 9.97 Å². The zero-order chi connectivity index (χ0) is 9.26. The Bertz CT molecular complexity index is 422. The molecule has 0 aliphatic carbocycles. The summed E-state index contributed by atoms with van der Waals surface area (Å²) in [5, 5.41) is 2.03. The Balaban J connectivity index is 2.53. The minimum atomic E-state index is 0.510. The predicted octanol–water partition coefficient (Wildman–Crippen LogP) is 2.10. The molecule has 0 aliphatic heterocycles. The zero-order valence-electron chi connectivity index (χ0n) is 7.19. The van der Waals surface area contributed by atoms with E-state index in [1.165, 1.54) is 4.88 Å². The van der Waals surface area contributed by atoms with Crippen molar-refractivity contribution in [2.24, 2.45) is 0 Å². The molecule has 0 saturated heterocycles. The van der Waals surface area contributed by atoms with Gasteiger partial charge < -0.3 is 5.73 Å². The SMILES string of the molecule is Cc1sccc1-c1nccc(N)n1. The molecule has 0 aromatic carbocycles. The topological polar surface area (TPSA) is 51.8 Å². The molecule has 0 fully saturated rings. The molecule has 0 bridgehead atoms. The lowest BCUT2D eigenvalue weighted by molar-refractivity contribution is 1.18. The average molecular weight is 191 g/mol. The van der Waals surface area contributed by atoms with Crippen molar-refractivity contribution in [1.82, 2.24) is 9.97 Å². The van der Waals surface area contributed by atoms with Crippen LogP contribution >= 0.6 is 11.3 Å². The van der Waals surface area contributed by atoms with Gasteiger partial charge >= 0.3 is 0 Å². The van der Waals surface area contributed by atoms with Crippen LogP contribution in [0, 0.1) is 6.92 Å². The van der Waals surface area contributed by atoms with Gasteiger partial charge in [-0.1, -0.05) is 0 Å². The van der Waals surface area contributed by atoms with Gasteiger partial charge in [-0.05, 0) is 24.4 Å². The molecule has 0 unspecified atom stereocenters. The molecule has 0 atom stereocenters. The summed E-state index contributed by atoms with van der Waals surface area (Å²) in [7, 11) is 0. The van der Waals surface area contributed by atoms with E-state index >= 15 is 0 Å². The van der Waals surface area contributed by atoms with Gasteiger partial charge in [0.2, 0.25) is 0 Å². The van der Waals surface area contributed by atoms with Gasteiger partial charge in [-0.2, -0.15) is 0 Å². The molecule has 2 N–H and O–H groups in total. The Hall–Kier alpha value is -1.42. The van der Waals surface area contributed by atoms with Gasteiger partial charge in [-0.3, -0.25) is 0 Å². The van der Waals surface area contributed by atoms with Gasteiger partial charge in [-0.15, -0.1) is 11.3 Å². The van der Waals surface area contributed by atoms with Crippen LogP contribution in [0.1, 0.15) is 4.88 Å². The van der Waals surface area contributed by atoms with E-state index in [2.05, 4.69) is 9.97 Å². The number of rotatable bonds is 1. The third-order valence-electron chi connectivity index (χ3n) is 1.78. The second-order valence-electron chi connectivity index (χ2n) is 2.70. The second kappa shape index (κ2) is 3.14. The molecule has 2 rings (SSSR count). The summed E-state index contributed by atoms with van der Waals surface area (Å²) >= 11 is 1.68. The fraction of sp³-hybridized carbons (Fsp3) is 0.111. The highest BCUT2D eigenvalue weighted by atomic mass is 32.1. The van der Waals surface area contributed by atoms with E-state index in [1.807, 2.05) is 18.4 Å². The molecule has 0 amide bonds. The molecule has 4 heteroatoms. The Morgan fingerprint density at radius 3 is 2.85 bits per heavy atom. The quantitative estimate of drug-likeness (QED) is 0.751. The normalized spacial score (nSPS) is 10.2. The van der Waals surface area contributed by atoms with Crippen molar-refractivity contribution in [2.45, 2.75) is 6.92 Å². The molecule has 2 heterocycles. The first-order valence-corrected chi connectivity index (χ1v) is 4.78. The lowest BCUT2D eigenvalue weighted by Crippen LogP contribution is -1.94. The van der Waals surface area contributed by atoms with E-state index in [4.69, 9.17) is 5.73 Å². The zero-order valence-corrected chi connectivity index (χ0v) is 8.01. The first-order chi connectivity index (χ1) is 6.27. The molecule has 0 aliphatic rings. The Kier molecular flexibility index (Phi) is 1.98. The Morgan fingerprint density at radius 2 is 2.23 bits per heavy atom. The van der Waals surface area contributed by atoms with E-state index in [1.54, 1.807) is 23.6 Å². The van der Waals surface area contributed by atoms with E-state index in [9.17, 15) is 0 Å².